The molecule has 5 N–H and O–H groups in total. The molecule has 0 saturated heterocycles. The van der Waals surface area contributed by atoms with Gasteiger partial charge in [-0.25, -0.2) is 0 Å². The Morgan fingerprint density at radius 1 is 1.09 bits per heavy atom. The van der Waals surface area contributed by atoms with E-state index in [-0.39, 0.29) is 12.0 Å². The highest BCUT2D eigenvalue weighted by molar-refractivity contribution is 5.74. The molecule has 4 aliphatic rings. The number of hydrogen-bond acceptors (Lipinski definition) is 5. The smallest absolute Gasteiger partial charge is 0.0864 e. The molecule has 4 aliphatic carbocycles. The minimum atomic E-state index is -0.846. The van der Waals surface area contributed by atoms with Crippen LogP contribution in [0.25, 0.3) is 5.57 Å². The normalized spacial score (nSPS) is 35.3. The molecule has 0 spiro atoms. The predicted molar refractivity (Wildman–Crippen MR) is 131 cm³/mol. The Hall–Kier alpha value is -1.76. The van der Waals surface area contributed by atoms with Crippen LogP contribution in [-0.4, -0.2) is 52.3 Å². The maximum atomic E-state index is 11.3. The number of hydrogen-bond donors (Lipinski definition) is 5. The Bertz CT molecular complexity index is 963. The van der Waals surface area contributed by atoms with E-state index in [4.69, 9.17) is 0 Å². The Morgan fingerprint density at radius 3 is 2.45 bits per heavy atom. The minimum absolute atomic E-state index is 0.0421. The topological polar surface area (TPSA) is 93.0 Å². The van der Waals surface area contributed by atoms with Gasteiger partial charge in [-0.3, -0.25) is 0 Å². The first-order valence-corrected chi connectivity index (χ1v) is 12.3. The predicted octanol–water partition coefficient (Wildman–Crippen LogP) is 3.48. The van der Waals surface area contributed by atoms with Crippen molar-refractivity contribution in [3.8, 4) is 0 Å². The van der Waals surface area contributed by atoms with Crippen LogP contribution in [0.3, 0.4) is 0 Å². The third-order valence-corrected chi connectivity index (χ3v) is 8.24. The fraction of sp³-hybridized carbons (Fsp3) is 0.571. The minimum Gasteiger partial charge on any atom is -0.393 e. The van der Waals surface area contributed by atoms with Crippen molar-refractivity contribution in [2.45, 2.75) is 76.3 Å². The average molecular weight is 454 g/mol. The summed E-state index contributed by atoms with van der Waals surface area (Å²) in [5.74, 6) is 0.328. The fourth-order valence-corrected chi connectivity index (χ4v) is 6.49. The standard InChI is InChI=1S/C26H32O4.C2H7N/c1-25-14-24(29)21-13-18-12-19(28)8-10-26(18,30)11-9-20(21)23(25)7-6-22(25)17-4-2-16(15-27)3-5-17;1-3-2/h2-6,13,19,23-24,27-30H,7-12,14-15H2,1H3;3H,1-2H3/t19?,23?,24?,25?,26-;/m0./s1. The van der Waals surface area contributed by atoms with Crippen LogP contribution in [0.1, 0.15) is 63.0 Å². The molecular weight excluding hydrogens is 414 g/mol. The van der Waals surface area contributed by atoms with E-state index >= 15 is 0 Å². The van der Waals surface area contributed by atoms with Crippen molar-refractivity contribution >= 4 is 5.57 Å². The van der Waals surface area contributed by atoms with E-state index in [0.717, 1.165) is 35.1 Å². The van der Waals surface area contributed by atoms with Crippen LogP contribution >= 0.6 is 0 Å². The number of rotatable bonds is 2. The molecule has 0 radical (unpaired) electrons. The van der Waals surface area contributed by atoms with E-state index in [1.807, 2.05) is 32.3 Å². The first-order valence-electron chi connectivity index (χ1n) is 12.3. The van der Waals surface area contributed by atoms with Gasteiger partial charge in [-0.2, -0.15) is 0 Å². The summed E-state index contributed by atoms with van der Waals surface area (Å²) in [5, 5.41) is 44.8. The molecule has 0 amide bonds. The van der Waals surface area contributed by atoms with E-state index in [0.29, 0.717) is 38.0 Å². The van der Waals surface area contributed by atoms with Crippen molar-refractivity contribution in [1.82, 2.24) is 5.32 Å². The van der Waals surface area contributed by atoms with E-state index in [1.165, 1.54) is 11.1 Å². The Kier molecular flexibility index (Phi) is 7.00. The van der Waals surface area contributed by atoms with Gasteiger partial charge in [0.2, 0.25) is 0 Å². The monoisotopic (exact) mass is 453 g/mol. The Balaban J connectivity index is 0.000000821. The second-order valence-electron chi connectivity index (χ2n) is 10.5. The van der Waals surface area contributed by atoms with Crippen molar-refractivity contribution in [2.75, 3.05) is 14.1 Å². The first-order chi connectivity index (χ1) is 15.8. The summed E-state index contributed by atoms with van der Waals surface area (Å²) in [6.45, 7) is 2.31. The highest BCUT2D eigenvalue weighted by atomic mass is 16.3. The molecule has 1 saturated carbocycles. The second kappa shape index (κ2) is 9.47. The van der Waals surface area contributed by atoms with Crippen LogP contribution in [0, 0.1) is 11.3 Å². The lowest BCUT2D eigenvalue weighted by atomic mass is 9.61. The molecular formula is C28H39NO4. The van der Waals surface area contributed by atoms with E-state index < -0.39 is 17.8 Å². The van der Waals surface area contributed by atoms with Crippen LogP contribution in [0.2, 0.25) is 0 Å². The van der Waals surface area contributed by atoms with Crippen LogP contribution in [0.15, 0.2) is 53.1 Å². The molecule has 33 heavy (non-hydrogen) atoms. The van der Waals surface area contributed by atoms with Crippen LogP contribution in [-0.2, 0) is 6.61 Å². The molecule has 0 heterocycles. The zero-order valence-electron chi connectivity index (χ0n) is 20.1. The van der Waals surface area contributed by atoms with Crippen molar-refractivity contribution in [3.05, 3.63) is 64.3 Å². The SMILES string of the molecule is CC12CC(O)C3=C(CC[C@@]4(O)CCC(O)CC4=C3)C1CC=C2c1ccc(CO)cc1.CNC. The number of aliphatic hydroxyl groups excluding tert-OH is 3. The first kappa shape index (κ1) is 24.4. The molecule has 5 heteroatoms. The van der Waals surface area contributed by atoms with Gasteiger partial charge in [0.15, 0.2) is 0 Å². The molecule has 4 unspecified atom stereocenters. The number of benzene rings is 1. The van der Waals surface area contributed by atoms with Crippen molar-refractivity contribution < 1.29 is 20.4 Å². The summed E-state index contributed by atoms with van der Waals surface area (Å²) in [5.41, 5.74) is 5.54. The lowest BCUT2D eigenvalue weighted by molar-refractivity contribution is 0.00863. The summed E-state index contributed by atoms with van der Waals surface area (Å²) in [7, 11) is 3.75. The maximum absolute atomic E-state index is 11.3. The molecule has 0 aromatic heterocycles. The van der Waals surface area contributed by atoms with Crippen molar-refractivity contribution in [2.24, 2.45) is 11.3 Å². The van der Waals surface area contributed by atoms with E-state index in [9.17, 15) is 20.4 Å². The largest absolute Gasteiger partial charge is 0.393 e. The van der Waals surface area contributed by atoms with Gasteiger partial charge >= 0.3 is 0 Å². The average Bonchev–Trinajstić information content (AvgIpc) is 3.04. The Morgan fingerprint density at radius 2 is 1.79 bits per heavy atom. The molecule has 0 bridgehead atoms. The van der Waals surface area contributed by atoms with E-state index in [2.05, 4.69) is 30.4 Å². The second-order valence-corrected chi connectivity index (χ2v) is 10.5. The van der Waals surface area contributed by atoms with Gasteiger partial charge in [-0.05, 0) is 92.8 Å². The molecule has 5 rings (SSSR count). The zero-order chi connectivity index (χ0) is 23.8. The summed E-state index contributed by atoms with van der Waals surface area (Å²) in [6, 6.07) is 8.10. The molecule has 1 aromatic carbocycles. The van der Waals surface area contributed by atoms with Crippen LogP contribution < -0.4 is 5.32 Å². The van der Waals surface area contributed by atoms with Crippen molar-refractivity contribution in [3.63, 3.8) is 0 Å². The molecule has 1 aromatic rings. The van der Waals surface area contributed by atoms with Crippen molar-refractivity contribution in [1.29, 1.82) is 0 Å². The fourth-order valence-electron chi connectivity index (χ4n) is 6.49. The van der Waals surface area contributed by atoms with Gasteiger partial charge in [0.05, 0.1) is 24.4 Å². The number of nitrogens with one attached hydrogen (secondary N) is 1. The van der Waals surface area contributed by atoms with Gasteiger partial charge in [0, 0.05) is 5.41 Å². The van der Waals surface area contributed by atoms with Gasteiger partial charge in [-0.15, -0.1) is 0 Å². The summed E-state index contributed by atoms with van der Waals surface area (Å²) >= 11 is 0. The molecule has 1 fully saturated rings. The summed E-state index contributed by atoms with van der Waals surface area (Å²) < 4.78 is 0. The van der Waals surface area contributed by atoms with Gasteiger partial charge in [-0.1, -0.05) is 48.9 Å². The maximum Gasteiger partial charge on any atom is 0.0864 e. The lowest BCUT2D eigenvalue weighted by Crippen LogP contribution is -2.38. The third kappa shape index (κ3) is 4.38. The van der Waals surface area contributed by atoms with E-state index in [1.54, 1.807) is 0 Å². The number of fused-ring (bicyclic) bond motifs is 3. The zero-order valence-corrected chi connectivity index (χ0v) is 20.1. The molecule has 180 valence electrons. The molecule has 0 aliphatic heterocycles. The number of aliphatic hydroxyl groups is 4. The molecule has 5 nitrogen and oxygen atoms in total. The highest BCUT2D eigenvalue weighted by Gasteiger charge is 2.50. The van der Waals surface area contributed by atoms with Gasteiger partial charge in [0.1, 0.15) is 0 Å². The Labute approximate surface area is 197 Å². The molecule has 5 atom stereocenters. The highest BCUT2D eigenvalue weighted by Crippen LogP contribution is 2.60. The van der Waals surface area contributed by atoms with Crippen LogP contribution in [0.4, 0.5) is 0 Å². The van der Waals surface area contributed by atoms with Gasteiger partial charge < -0.3 is 25.7 Å². The summed E-state index contributed by atoms with van der Waals surface area (Å²) in [4.78, 5) is 0. The third-order valence-electron chi connectivity index (χ3n) is 8.24. The van der Waals surface area contributed by atoms with Crippen LogP contribution in [0.5, 0.6) is 0 Å². The van der Waals surface area contributed by atoms with Gasteiger partial charge in [0.25, 0.3) is 0 Å². The summed E-state index contributed by atoms with van der Waals surface area (Å²) in [6.07, 6.45) is 8.21. The quantitative estimate of drug-likeness (QED) is 0.473. The lowest BCUT2D eigenvalue weighted by Gasteiger charge is -2.43. The number of allylic oxidation sites excluding steroid dienone is 3.